The van der Waals surface area contributed by atoms with E-state index in [-0.39, 0.29) is 11.9 Å². The van der Waals surface area contributed by atoms with Crippen molar-refractivity contribution in [2.24, 2.45) is 0 Å². The highest BCUT2D eigenvalue weighted by molar-refractivity contribution is 5.81. The highest BCUT2D eigenvalue weighted by atomic mass is 16.5. The molecule has 1 aliphatic rings. The number of ether oxygens (including phenoxy) is 1. The summed E-state index contributed by atoms with van der Waals surface area (Å²) in [6, 6.07) is 18.0. The smallest absolute Gasteiger partial charge is 0.261 e. The molecule has 0 radical (unpaired) electrons. The lowest BCUT2D eigenvalue weighted by molar-refractivity contribution is -0.129. The number of benzene rings is 2. The maximum Gasteiger partial charge on any atom is 0.261 e. The highest BCUT2D eigenvalue weighted by Gasteiger charge is 2.25. The van der Waals surface area contributed by atoms with Crippen LogP contribution in [0.25, 0.3) is 0 Å². The van der Waals surface area contributed by atoms with E-state index >= 15 is 0 Å². The fourth-order valence-corrected chi connectivity index (χ4v) is 3.15. The van der Waals surface area contributed by atoms with Crippen LogP contribution in [0.1, 0.15) is 43.4 Å². The Morgan fingerprint density at radius 1 is 1.17 bits per heavy atom. The molecule has 2 atom stereocenters. The van der Waals surface area contributed by atoms with Gasteiger partial charge < -0.3 is 10.1 Å². The van der Waals surface area contributed by atoms with Crippen LogP contribution in [0.2, 0.25) is 0 Å². The van der Waals surface area contributed by atoms with Crippen LogP contribution >= 0.6 is 0 Å². The fourth-order valence-electron chi connectivity index (χ4n) is 3.15. The minimum atomic E-state index is -0.452. The quantitative estimate of drug-likeness (QED) is 0.905. The van der Waals surface area contributed by atoms with Gasteiger partial charge in [0.1, 0.15) is 5.75 Å². The lowest BCUT2D eigenvalue weighted by atomic mass is 9.87. The molecule has 0 heterocycles. The number of para-hydroxylation sites is 1. The minimum absolute atomic E-state index is 0.0296. The van der Waals surface area contributed by atoms with Crippen LogP contribution in [-0.4, -0.2) is 12.0 Å². The fraction of sp³-hybridized carbons (Fsp3) is 0.350. The van der Waals surface area contributed by atoms with E-state index in [0.29, 0.717) is 6.42 Å². The number of carbonyl (C=O) groups excluding carboxylic acids is 1. The lowest BCUT2D eigenvalue weighted by Crippen LogP contribution is -2.40. The van der Waals surface area contributed by atoms with Crippen molar-refractivity contribution >= 4 is 5.91 Å². The van der Waals surface area contributed by atoms with E-state index in [0.717, 1.165) is 25.0 Å². The molecule has 0 aromatic heterocycles. The Bertz CT molecular complexity index is 654. The topological polar surface area (TPSA) is 38.3 Å². The Balaban J connectivity index is 1.68. The van der Waals surface area contributed by atoms with Crippen LogP contribution in [-0.2, 0) is 11.2 Å². The van der Waals surface area contributed by atoms with Crippen LogP contribution in [0.15, 0.2) is 54.6 Å². The SMILES string of the molecule is CC[C@@H](Oc1ccccc1)C(=O)N[C@H]1CCCc2ccccc21. The largest absolute Gasteiger partial charge is 0.481 e. The molecule has 120 valence electrons. The first-order valence-corrected chi connectivity index (χ1v) is 8.38. The molecule has 0 aliphatic heterocycles. The van der Waals surface area contributed by atoms with Gasteiger partial charge in [-0.15, -0.1) is 0 Å². The summed E-state index contributed by atoms with van der Waals surface area (Å²) in [5, 5.41) is 3.18. The summed E-state index contributed by atoms with van der Waals surface area (Å²) in [4.78, 5) is 12.6. The van der Waals surface area contributed by atoms with Crippen molar-refractivity contribution in [2.45, 2.75) is 44.8 Å². The average molecular weight is 309 g/mol. The number of rotatable bonds is 5. The molecule has 3 heteroatoms. The Labute approximate surface area is 137 Å². The van der Waals surface area contributed by atoms with Gasteiger partial charge in [-0.3, -0.25) is 4.79 Å². The van der Waals surface area contributed by atoms with Crippen molar-refractivity contribution in [3.63, 3.8) is 0 Å². The summed E-state index contributed by atoms with van der Waals surface area (Å²) >= 11 is 0. The van der Waals surface area contributed by atoms with Crippen molar-refractivity contribution in [1.82, 2.24) is 5.32 Å². The second-order valence-corrected chi connectivity index (χ2v) is 5.98. The predicted molar refractivity (Wildman–Crippen MR) is 91.4 cm³/mol. The summed E-state index contributed by atoms with van der Waals surface area (Å²) in [7, 11) is 0. The van der Waals surface area contributed by atoms with E-state index < -0.39 is 6.10 Å². The summed E-state index contributed by atoms with van der Waals surface area (Å²) in [6.07, 6.45) is 3.39. The number of fused-ring (bicyclic) bond motifs is 1. The van der Waals surface area contributed by atoms with Gasteiger partial charge in [-0.05, 0) is 48.9 Å². The second-order valence-electron chi connectivity index (χ2n) is 5.98. The van der Waals surface area contributed by atoms with Gasteiger partial charge in [0.25, 0.3) is 5.91 Å². The molecule has 0 unspecified atom stereocenters. The van der Waals surface area contributed by atoms with Gasteiger partial charge in [-0.1, -0.05) is 49.4 Å². The molecule has 0 saturated carbocycles. The molecule has 0 bridgehead atoms. The number of aryl methyl sites for hydroxylation is 1. The van der Waals surface area contributed by atoms with Crippen molar-refractivity contribution < 1.29 is 9.53 Å². The molecule has 1 amide bonds. The van der Waals surface area contributed by atoms with Crippen LogP contribution in [0.4, 0.5) is 0 Å². The van der Waals surface area contributed by atoms with E-state index in [1.807, 2.05) is 43.3 Å². The molecule has 3 rings (SSSR count). The standard InChI is InChI=1S/C20H23NO2/c1-2-19(23-16-11-4-3-5-12-16)20(22)21-18-14-8-10-15-9-6-7-13-17(15)18/h3-7,9,11-13,18-19H,2,8,10,14H2,1H3,(H,21,22)/t18-,19+/m0/s1. The zero-order chi connectivity index (χ0) is 16.1. The third kappa shape index (κ3) is 3.73. The van der Waals surface area contributed by atoms with Gasteiger partial charge in [0.05, 0.1) is 6.04 Å². The van der Waals surface area contributed by atoms with Gasteiger partial charge in [-0.2, -0.15) is 0 Å². The Hall–Kier alpha value is -2.29. The molecule has 0 spiro atoms. The van der Waals surface area contributed by atoms with Gasteiger partial charge in [0.15, 0.2) is 6.10 Å². The minimum Gasteiger partial charge on any atom is -0.481 e. The van der Waals surface area contributed by atoms with Gasteiger partial charge >= 0.3 is 0 Å². The summed E-state index contributed by atoms with van der Waals surface area (Å²) < 4.78 is 5.84. The highest BCUT2D eigenvalue weighted by Crippen LogP contribution is 2.29. The predicted octanol–water partition coefficient (Wildman–Crippen LogP) is 4.04. The van der Waals surface area contributed by atoms with E-state index in [1.54, 1.807) is 0 Å². The summed E-state index contributed by atoms with van der Waals surface area (Å²) in [5.74, 6) is 0.705. The first-order chi connectivity index (χ1) is 11.3. The Morgan fingerprint density at radius 2 is 1.91 bits per heavy atom. The average Bonchev–Trinajstić information content (AvgIpc) is 2.61. The number of hydrogen-bond acceptors (Lipinski definition) is 2. The van der Waals surface area contributed by atoms with Crippen molar-refractivity contribution in [3.8, 4) is 5.75 Å². The van der Waals surface area contributed by atoms with Crippen molar-refractivity contribution in [3.05, 3.63) is 65.7 Å². The van der Waals surface area contributed by atoms with E-state index in [4.69, 9.17) is 4.74 Å². The van der Waals surface area contributed by atoms with Gasteiger partial charge in [0.2, 0.25) is 0 Å². The third-order valence-corrected chi connectivity index (χ3v) is 4.37. The zero-order valence-corrected chi connectivity index (χ0v) is 13.5. The maximum absolute atomic E-state index is 12.6. The molecule has 2 aromatic rings. The molecule has 0 fully saturated rings. The van der Waals surface area contributed by atoms with Crippen LogP contribution in [0.5, 0.6) is 5.75 Å². The van der Waals surface area contributed by atoms with Crippen LogP contribution < -0.4 is 10.1 Å². The van der Waals surface area contributed by atoms with Gasteiger partial charge in [0, 0.05) is 0 Å². The summed E-state index contributed by atoms with van der Waals surface area (Å²) in [6.45, 7) is 1.97. The molecule has 3 nitrogen and oxygen atoms in total. The molecule has 1 aliphatic carbocycles. The first-order valence-electron chi connectivity index (χ1n) is 8.38. The second kappa shape index (κ2) is 7.32. The molecule has 23 heavy (non-hydrogen) atoms. The Morgan fingerprint density at radius 3 is 2.70 bits per heavy atom. The molecular weight excluding hydrogens is 286 g/mol. The molecular formula is C20H23NO2. The third-order valence-electron chi connectivity index (χ3n) is 4.37. The van der Waals surface area contributed by atoms with Gasteiger partial charge in [-0.25, -0.2) is 0 Å². The summed E-state index contributed by atoms with van der Waals surface area (Å²) in [5.41, 5.74) is 2.60. The van der Waals surface area contributed by atoms with Crippen LogP contribution in [0, 0.1) is 0 Å². The number of nitrogens with one attached hydrogen (secondary N) is 1. The normalized spacial score (nSPS) is 17.9. The van der Waals surface area contributed by atoms with Crippen LogP contribution in [0.3, 0.4) is 0 Å². The molecule has 0 saturated heterocycles. The van der Waals surface area contributed by atoms with E-state index in [2.05, 4.69) is 23.5 Å². The zero-order valence-electron chi connectivity index (χ0n) is 13.5. The van der Waals surface area contributed by atoms with E-state index in [1.165, 1.54) is 11.1 Å². The molecule has 1 N–H and O–H groups in total. The van der Waals surface area contributed by atoms with Crippen molar-refractivity contribution in [2.75, 3.05) is 0 Å². The van der Waals surface area contributed by atoms with E-state index in [9.17, 15) is 4.79 Å². The van der Waals surface area contributed by atoms with Crippen molar-refractivity contribution in [1.29, 1.82) is 0 Å². The number of amides is 1. The monoisotopic (exact) mass is 309 g/mol. The molecule has 2 aromatic carbocycles. The first kappa shape index (κ1) is 15.6. The Kier molecular flexibility index (Phi) is 4.96. The maximum atomic E-state index is 12.6. The number of carbonyl (C=O) groups is 1. The number of hydrogen-bond donors (Lipinski definition) is 1. The lowest BCUT2D eigenvalue weighted by Gasteiger charge is -2.28.